The molecule has 0 bridgehead atoms. The van der Waals surface area contributed by atoms with Crippen LogP contribution >= 0.6 is 0 Å². The van der Waals surface area contributed by atoms with Crippen LogP contribution in [0.1, 0.15) is 19.3 Å². The summed E-state index contributed by atoms with van der Waals surface area (Å²) >= 11 is 0. The van der Waals surface area contributed by atoms with Crippen molar-refractivity contribution in [2.45, 2.75) is 25.4 Å². The summed E-state index contributed by atoms with van der Waals surface area (Å²) in [4.78, 5) is 13.9. The minimum atomic E-state index is -0.490. The molecule has 1 aromatic carbocycles. The SMILES string of the molecule is Nc1cc(NC(=O)CCCN2CCC(O)C2)ccc1F. The minimum absolute atomic E-state index is 0.0221. The van der Waals surface area contributed by atoms with Crippen LogP contribution in [0.4, 0.5) is 15.8 Å². The highest BCUT2D eigenvalue weighted by atomic mass is 19.1. The number of nitrogens with two attached hydrogens (primary N) is 1. The number of carbonyl (C=O) groups is 1. The molecule has 1 aromatic rings. The molecule has 110 valence electrons. The van der Waals surface area contributed by atoms with E-state index in [1.807, 2.05) is 0 Å². The van der Waals surface area contributed by atoms with E-state index in [-0.39, 0.29) is 17.7 Å². The molecule has 1 amide bonds. The van der Waals surface area contributed by atoms with Crippen LogP contribution in [0.15, 0.2) is 18.2 Å². The lowest BCUT2D eigenvalue weighted by atomic mass is 10.2. The maximum Gasteiger partial charge on any atom is 0.224 e. The lowest BCUT2D eigenvalue weighted by Gasteiger charge is -2.14. The summed E-state index contributed by atoms with van der Waals surface area (Å²) in [5.41, 5.74) is 5.96. The molecule has 0 aromatic heterocycles. The summed E-state index contributed by atoms with van der Waals surface area (Å²) in [7, 11) is 0. The van der Waals surface area contributed by atoms with Gasteiger partial charge in [-0.2, -0.15) is 0 Å². The van der Waals surface area contributed by atoms with Gasteiger partial charge in [-0.1, -0.05) is 0 Å². The summed E-state index contributed by atoms with van der Waals surface area (Å²) in [6.07, 6.45) is 1.70. The second kappa shape index (κ2) is 6.67. The third-order valence-electron chi connectivity index (χ3n) is 3.41. The normalized spacial score (nSPS) is 19.2. The summed E-state index contributed by atoms with van der Waals surface area (Å²) < 4.78 is 13.0. The molecular formula is C14H20FN3O2. The van der Waals surface area contributed by atoms with Crippen LogP contribution in [0.2, 0.25) is 0 Å². The van der Waals surface area contributed by atoms with Crippen molar-refractivity contribution in [3.8, 4) is 0 Å². The largest absolute Gasteiger partial charge is 0.396 e. The van der Waals surface area contributed by atoms with Crippen molar-refractivity contribution in [1.29, 1.82) is 0 Å². The van der Waals surface area contributed by atoms with Gasteiger partial charge in [0.15, 0.2) is 0 Å². The highest BCUT2D eigenvalue weighted by molar-refractivity contribution is 5.91. The summed E-state index contributed by atoms with van der Waals surface area (Å²) in [5, 5.41) is 12.1. The number of likely N-dealkylation sites (tertiary alicyclic amines) is 1. The van der Waals surface area contributed by atoms with E-state index in [1.54, 1.807) is 0 Å². The van der Waals surface area contributed by atoms with Crippen LogP contribution in [0, 0.1) is 5.82 Å². The molecule has 1 fully saturated rings. The number of hydrogen-bond donors (Lipinski definition) is 3. The Morgan fingerprint density at radius 3 is 3.00 bits per heavy atom. The summed E-state index contributed by atoms with van der Waals surface area (Å²) in [6, 6.07) is 4.13. The monoisotopic (exact) mass is 281 g/mol. The number of amides is 1. The average Bonchev–Trinajstić information content (AvgIpc) is 2.80. The first-order chi connectivity index (χ1) is 9.54. The Kier molecular flexibility index (Phi) is 4.92. The average molecular weight is 281 g/mol. The van der Waals surface area contributed by atoms with Crippen molar-refractivity contribution < 1.29 is 14.3 Å². The Bertz CT molecular complexity index is 481. The Morgan fingerprint density at radius 2 is 2.35 bits per heavy atom. The molecule has 0 spiro atoms. The highest BCUT2D eigenvalue weighted by Gasteiger charge is 2.19. The Morgan fingerprint density at radius 1 is 1.55 bits per heavy atom. The van der Waals surface area contributed by atoms with E-state index in [1.165, 1.54) is 18.2 Å². The van der Waals surface area contributed by atoms with E-state index in [0.717, 1.165) is 25.9 Å². The number of hydrogen-bond acceptors (Lipinski definition) is 4. The van der Waals surface area contributed by atoms with E-state index in [9.17, 15) is 14.3 Å². The number of β-amino-alcohol motifs (C(OH)–C–C–N with tert-alkyl or cyclic N) is 1. The van der Waals surface area contributed by atoms with Crippen molar-refractivity contribution in [1.82, 2.24) is 4.90 Å². The topological polar surface area (TPSA) is 78.6 Å². The van der Waals surface area contributed by atoms with Crippen molar-refractivity contribution in [3.05, 3.63) is 24.0 Å². The van der Waals surface area contributed by atoms with Gasteiger partial charge in [0, 0.05) is 25.2 Å². The number of rotatable bonds is 5. The maximum absolute atomic E-state index is 13.0. The first-order valence-electron chi connectivity index (χ1n) is 6.80. The van der Waals surface area contributed by atoms with E-state index < -0.39 is 5.82 Å². The van der Waals surface area contributed by atoms with Crippen LogP contribution in [-0.2, 0) is 4.79 Å². The van der Waals surface area contributed by atoms with Gasteiger partial charge in [-0.3, -0.25) is 4.79 Å². The second-order valence-corrected chi connectivity index (χ2v) is 5.13. The van der Waals surface area contributed by atoms with E-state index in [2.05, 4.69) is 10.2 Å². The third-order valence-corrected chi connectivity index (χ3v) is 3.41. The second-order valence-electron chi connectivity index (χ2n) is 5.13. The van der Waals surface area contributed by atoms with Crippen LogP contribution in [-0.4, -0.2) is 41.7 Å². The molecule has 0 saturated carbocycles. The molecule has 6 heteroatoms. The molecule has 1 aliphatic rings. The standard InChI is InChI=1S/C14H20FN3O2/c15-12-4-3-10(8-13(12)16)17-14(20)2-1-6-18-7-5-11(19)9-18/h3-4,8,11,19H,1-2,5-7,9,16H2,(H,17,20). The number of benzene rings is 1. The fourth-order valence-electron chi connectivity index (χ4n) is 2.32. The molecule has 1 unspecified atom stereocenters. The van der Waals surface area contributed by atoms with Crippen molar-refractivity contribution in [3.63, 3.8) is 0 Å². The molecule has 1 heterocycles. The molecule has 1 atom stereocenters. The number of nitrogens with one attached hydrogen (secondary N) is 1. The quantitative estimate of drug-likeness (QED) is 0.708. The van der Waals surface area contributed by atoms with E-state index in [0.29, 0.717) is 18.7 Å². The summed E-state index contributed by atoms with van der Waals surface area (Å²) in [5.74, 6) is -0.605. The third kappa shape index (κ3) is 4.18. The molecular weight excluding hydrogens is 261 g/mol. The zero-order valence-electron chi connectivity index (χ0n) is 11.3. The zero-order chi connectivity index (χ0) is 14.5. The number of anilines is 2. The van der Waals surface area contributed by atoms with Crippen molar-refractivity contribution in [2.24, 2.45) is 0 Å². The smallest absolute Gasteiger partial charge is 0.224 e. The fourth-order valence-corrected chi connectivity index (χ4v) is 2.32. The van der Waals surface area contributed by atoms with Crippen molar-refractivity contribution in [2.75, 3.05) is 30.7 Å². The van der Waals surface area contributed by atoms with Gasteiger partial charge in [-0.05, 0) is 37.6 Å². The molecule has 1 saturated heterocycles. The van der Waals surface area contributed by atoms with Gasteiger partial charge in [-0.15, -0.1) is 0 Å². The maximum atomic E-state index is 13.0. The first kappa shape index (κ1) is 14.7. The number of nitrogens with zero attached hydrogens (tertiary/aromatic N) is 1. The molecule has 2 rings (SSSR count). The number of carbonyl (C=O) groups excluding carboxylic acids is 1. The predicted molar refractivity (Wildman–Crippen MR) is 75.7 cm³/mol. The fraction of sp³-hybridized carbons (Fsp3) is 0.500. The van der Waals surface area contributed by atoms with Gasteiger partial charge in [0.05, 0.1) is 11.8 Å². The van der Waals surface area contributed by atoms with Gasteiger partial charge >= 0.3 is 0 Å². The molecule has 1 aliphatic heterocycles. The van der Waals surface area contributed by atoms with E-state index >= 15 is 0 Å². The number of nitrogen functional groups attached to an aromatic ring is 1. The molecule has 20 heavy (non-hydrogen) atoms. The van der Waals surface area contributed by atoms with Crippen LogP contribution in [0.5, 0.6) is 0 Å². The van der Waals surface area contributed by atoms with Gasteiger partial charge < -0.3 is 21.1 Å². The molecule has 4 N–H and O–H groups in total. The summed E-state index contributed by atoms with van der Waals surface area (Å²) in [6.45, 7) is 2.38. The lowest BCUT2D eigenvalue weighted by molar-refractivity contribution is -0.116. The molecule has 0 aliphatic carbocycles. The van der Waals surface area contributed by atoms with Crippen LogP contribution in [0.3, 0.4) is 0 Å². The van der Waals surface area contributed by atoms with Crippen molar-refractivity contribution >= 4 is 17.3 Å². The Balaban J connectivity index is 1.71. The minimum Gasteiger partial charge on any atom is -0.396 e. The number of aliphatic hydroxyl groups excluding tert-OH is 1. The van der Waals surface area contributed by atoms with Crippen LogP contribution < -0.4 is 11.1 Å². The molecule has 0 radical (unpaired) electrons. The van der Waals surface area contributed by atoms with Crippen LogP contribution in [0.25, 0.3) is 0 Å². The lowest BCUT2D eigenvalue weighted by Crippen LogP contribution is -2.24. The Labute approximate surface area is 117 Å². The first-order valence-corrected chi connectivity index (χ1v) is 6.80. The van der Waals surface area contributed by atoms with Gasteiger partial charge in [-0.25, -0.2) is 4.39 Å². The molecule has 5 nitrogen and oxygen atoms in total. The number of aliphatic hydroxyl groups is 1. The highest BCUT2D eigenvalue weighted by Crippen LogP contribution is 2.16. The van der Waals surface area contributed by atoms with Gasteiger partial charge in [0.1, 0.15) is 5.82 Å². The number of halogens is 1. The Hall–Kier alpha value is -1.66. The zero-order valence-corrected chi connectivity index (χ0v) is 11.3. The van der Waals surface area contributed by atoms with Gasteiger partial charge in [0.2, 0.25) is 5.91 Å². The predicted octanol–water partition coefficient (Wildman–Crippen LogP) is 1.19. The van der Waals surface area contributed by atoms with E-state index in [4.69, 9.17) is 5.73 Å². The van der Waals surface area contributed by atoms with Gasteiger partial charge in [0.25, 0.3) is 0 Å².